The molecule has 0 saturated carbocycles. The average molecular weight is 205 g/mol. The van der Waals surface area contributed by atoms with Gasteiger partial charge in [0.15, 0.2) is 0 Å². The maximum absolute atomic E-state index is 11.5. The highest BCUT2D eigenvalue weighted by molar-refractivity contribution is 6.52. The Hall–Kier alpha value is -2.37. The van der Waals surface area contributed by atoms with Crippen molar-refractivity contribution in [3.8, 4) is 5.75 Å². The lowest BCUT2D eigenvalue weighted by molar-refractivity contribution is -0.119. The Morgan fingerprint density at radius 1 is 1.13 bits per heavy atom. The van der Waals surface area contributed by atoms with Crippen LogP contribution in [0.15, 0.2) is 18.2 Å². The van der Waals surface area contributed by atoms with Crippen LogP contribution >= 0.6 is 0 Å². The number of ketones is 1. The Balaban J connectivity index is 2.35. The molecular formula is C9H3NO5. The molecular weight excluding hydrogens is 202 g/mol. The van der Waals surface area contributed by atoms with Crippen LogP contribution in [0.1, 0.15) is 10.4 Å². The molecule has 0 saturated heterocycles. The maximum Gasteiger partial charge on any atom is 0.539 e. The van der Waals surface area contributed by atoms with Gasteiger partial charge in [-0.3, -0.25) is 14.4 Å². The fourth-order valence-corrected chi connectivity index (χ4v) is 1.58. The number of ether oxygens (including phenoxy) is 1. The molecule has 0 unspecified atom stereocenters. The van der Waals surface area contributed by atoms with E-state index in [2.05, 4.69) is 4.84 Å². The number of Topliss-reactive ketones (excluding diaryl/α,β-unsaturated/α-hetero) is 1. The summed E-state index contributed by atoms with van der Waals surface area (Å²) in [4.78, 5) is 38.4. The standard InChI is InChI=1S/C9H3NO5/c11-7-6-4-2-1-3-5(6)14-9(13)15-10(4)8(7)12/h1-3H. The lowest BCUT2D eigenvalue weighted by atomic mass is 10.1. The zero-order chi connectivity index (χ0) is 10.6. The Morgan fingerprint density at radius 2 is 1.93 bits per heavy atom. The van der Waals surface area contributed by atoms with Crippen molar-refractivity contribution in [2.75, 3.05) is 5.06 Å². The number of hydroxylamine groups is 1. The van der Waals surface area contributed by atoms with Crippen molar-refractivity contribution in [1.29, 1.82) is 0 Å². The molecule has 0 aliphatic carbocycles. The van der Waals surface area contributed by atoms with Crippen molar-refractivity contribution in [3.63, 3.8) is 0 Å². The van der Waals surface area contributed by atoms with E-state index in [1.807, 2.05) is 0 Å². The highest BCUT2D eigenvalue weighted by Crippen LogP contribution is 2.38. The first-order valence-corrected chi connectivity index (χ1v) is 4.10. The summed E-state index contributed by atoms with van der Waals surface area (Å²) >= 11 is 0. The van der Waals surface area contributed by atoms with Gasteiger partial charge in [-0.1, -0.05) is 6.07 Å². The van der Waals surface area contributed by atoms with E-state index < -0.39 is 17.8 Å². The van der Waals surface area contributed by atoms with Crippen molar-refractivity contribution in [3.05, 3.63) is 23.8 Å². The summed E-state index contributed by atoms with van der Waals surface area (Å²) in [5, 5.41) is 0.649. The third kappa shape index (κ3) is 0.850. The molecule has 2 aliphatic rings. The Labute approximate surface area is 82.9 Å². The molecule has 2 aliphatic heterocycles. The number of rotatable bonds is 0. The van der Waals surface area contributed by atoms with Crippen LogP contribution in [0.25, 0.3) is 0 Å². The van der Waals surface area contributed by atoms with Crippen LogP contribution in [0.4, 0.5) is 10.5 Å². The molecule has 74 valence electrons. The Bertz CT molecular complexity index is 521. The van der Waals surface area contributed by atoms with Gasteiger partial charge in [0.2, 0.25) is 0 Å². The highest BCUT2D eigenvalue weighted by atomic mass is 16.8. The topological polar surface area (TPSA) is 72.9 Å². The molecule has 1 aromatic carbocycles. The molecule has 6 nitrogen and oxygen atoms in total. The second-order valence-corrected chi connectivity index (χ2v) is 3.02. The molecule has 0 fully saturated rings. The fraction of sp³-hybridized carbons (Fsp3) is 0. The molecule has 1 aromatic rings. The van der Waals surface area contributed by atoms with Crippen LogP contribution in [0.5, 0.6) is 5.75 Å². The number of nitrogens with zero attached hydrogens (tertiary/aromatic N) is 1. The van der Waals surface area contributed by atoms with Crippen LogP contribution in [-0.2, 0) is 9.63 Å². The number of amides is 1. The Morgan fingerprint density at radius 3 is 2.73 bits per heavy atom. The van der Waals surface area contributed by atoms with Gasteiger partial charge in [-0.05, 0) is 12.1 Å². The molecule has 0 atom stereocenters. The molecule has 3 rings (SSSR count). The van der Waals surface area contributed by atoms with E-state index in [4.69, 9.17) is 4.74 Å². The van der Waals surface area contributed by atoms with Crippen LogP contribution in [-0.4, -0.2) is 17.8 Å². The van der Waals surface area contributed by atoms with Gasteiger partial charge >= 0.3 is 12.1 Å². The van der Waals surface area contributed by atoms with Crippen molar-refractivity contribution >= 4 is 23.5 Å². The smallest absolute Gasteiger partial charge is 0.393 e. The average Bonchev–Trinajstić information content (AvgIpc) is 2.40. The van der Waals surface area contributed by atoms with Crippen molar-refractivity contribution in [2.24, 2.45) is 0 Å². The first-order chi connectivity index (χ1) is 7.18. The van der Waals surface area contributed by atoms with E-state index in [9.17, 15) is 14.4 Å². The maximum atomic E-state index is 11.5. The van der Waals surface area contributed by atoms with Crippen LogP contribution in [0.3, 0.4) is 0 Å². The van der Waals surface area contributed by atoms with Crippen molar-refractivity contribution in [2.45, 2.75) is 0 Å². The van der Waals surface area contributed by atoms with E-state index in [0.717, 1.165) is 0 Å². The predicted molar refractivity (Wildman–Crippen MR) is 45.4 cm³/mol. The van der Waals surface area contributed by atoms with E-state index >= 15 is 0 Å². The SMILES string of the molecule is O=C1Oc2cccc3c2C(=O)C(=O)N3O1. The predicted octanol–water partition coefficient (Wildman–Crippen LogP) is 0.660. The van der Waals surface area contributed by atoms with E-state index in [1.165, 1.54) is 12.1 Å². The van der Waals surface area contributed by atoms with E-state index in [1.54, 1.807) is 6.07 Å². The van der Waals surface area contributed by atoms with Crippen LogP contribution in [0, 0.1) is 0 Å². The summed E-state index contributed by atoms with van der Waals surface area (Å²) in [6, 6.07) is 4.50. The first kappa shape index (κ1) is 7.98. The lowest BCUT2D eigenvalue weighted by Crippen LogP contribution is -2.34. The zero-order valence-electron chi connectivity index (χ0n) is 7.22. The molecule has 6 heteroatoms. The van der Waals surface area contributed by atoms with E-state index in [-0.39, 0.29) is 17.0 Å². The summed E-state index contributed by atoms with van der Waals surface area (Å²) in [5.41, 5.74) is 0.321. The molecule has 0 spiro atoms. The fourth-order valence-electron chi connectivity index (χ4n) is 1.58. The number of anilines is 1. The second-order valence-electron chi connectivity index (χ2n) is 3.02. The summed E-state index contributed by atoms with van der Waals surface area (Å²) < 4.78 is 4.71. The van der Waals surface area contributed by atoms with Crippen LogP contribution in [0.2, 0.25) is 0 Å². The largest absolute Gasteiger partial charge is 0.539 e. The van der Waals surface area contributed by atoms with Gasteiger partial charge in [-0.25, -0.2) is 4.79 Å². The molecule has 4 bridgehead atoms. The highest BCUT2D eigenvalue weighted by Gasteiger charge is 2.44. The number of benzene rings is 1. The van der Waals surface area contributed by atoms with Crippen molar-refractivity contribution < 1.29 is 24.0 Å². The minimum Gasteiger partial charge on any atom is -0.393 e. The van der Waals surface area contributed by atoms with Gasteiger partial charge < -0.3 is 4.74 Å². The number of hydrogen-bond donors (Lipinski definition) is 0. The van der Waals surface area contributed by atoms with Gasteiger partial charge in [-0.15, -0.1) is 5.06 Å². The first-order valence-electron chi connectivity index (χ1n) is 4.10. The molecule has 0 aromatic heterocycles. The number of hydrogen-bond acceptors (Lipinski definition) is 5. The quantitative estimate of drug-likeness (QED) is 0.353. The summed E-state index contributed by atoms with van der Waals surface area (Å²) in [6.45, 7) is 0. The molecule has 2 heterocycles. The monoisotopic (exact) mass is 205 g/mol. The van der Waals surface area contributed by atoms with Gasteiger partial charge in [0.05, 0.1) is 5.56 Å². The molecule has 0 radical (unpaired) electrons. The summed E-state index contributed by atoms with van der Waals surface area (Å²) in [6.07, 6.45) is -1.03. The van der Waals surface area contributed by atoms with Gasteiger partial charge in [0, 0.05) is 0 Å². The van der Waals surface area contributed by atoms with Gasteiger partial charge in [-0.2, -0.15) is 0 Å². The minimum absolute atomic E-state index is 0.0517. The minimum atomic E-state index is -1.03. The summed E-state index contributed by atoms with van der Waals surface area (Å²) in [7, 11) is 0. The molecule has 15 heavy (non-hydrogen) atoms. The van der Waals surface area contributed by atoms with Crippen molar-refractivity contribution in [1.82, 2.24) is 0 Å². The summed E-state index contributed by atoms with van der Waals surface area (Å²) in [5.74, 6) is -1.56. The second kappa shape index (κ2) is 2.35. The van der Waals surface area contributed by atoms with Crippen LogP contribution < -0.4 is 9.80 Å². The zero-order valence-corrected chi connectivity index (χ0v) is 7.22. The molecule has 0 N–H and O–H groups in total. The third-order valence-electron chi connectivity index (χ3n) is 2.19. The number of carbonyl (C=O) groups is 3. The molecule has 1 amide bonds. The Kier molecular flexibility index (Phi) is 1.25. The van der Waals surface area contributed by atoms with Gasteiger partial charge in [0.25, 0.3) is 5.78 Å². The lowest BCUT2D eigenvalue weighted by Gasteiger charge is -2.11. The van der Waals surface area contributed by atoms with E-state index in [0.29, 0.717) is 5.06 Å². The third-order valence-corrected chi connectivity index (χ3v) is 2.19. The normalized spacial score (nSPS) is 17.3. The van der Waals surface area contributed by atoms with Gasteiger partial charge in [0.1, 0.15) is 11.4 Å². The number of carbonyl (C=O) groups excluding carboxylic acids is 3.